The van der Waals surface area contributed by atoms with Gasteiger partial charge in [0.2, 0.25) is 0 Å². The highest BCUT2D eigenvalue weighted by Crippen LogP contribution is 2.26. The van der Waals surface area contributed by atoms with Gasteiger partial charge in [-0.15, -0.1) is 11.8 Å². The fourth-order valence-electron chi connectivity index (χ4n) is 1.53. The SMILES string of the molecule is CC(C)n1ccc(CSc2ccc(N)cc2F)n1. The molecule has 3 nitrogen and oxygen atoms in total. The summed E-state index contributed by atoms with van der Waals surface area (Å²) in [7, 11) is 0. The van der Waals surface area contributed by atoms with E-state index in [9.17, 15) is 4.39 Å². The third kappa shape index (κ3) is 3.04. The number of nitrogens with two attached hydrogens (primary N) is 1. The van der Waals surface area contributed by atoms with Gasteiger partial charge in [0.25, 0.3) is 0 Å². The molecule has 1 heterocycles. The molecular weight excluding hydrogens is 249 g/mol. The van der Waals surface area contributed by atoms with Crippen molar-refractivity contribution in [1.82, 2.24) is 9.78 Å². The molecule has 2 aromatic rings. The number of rotatable bonds is 4. The molecule has 0 unspecified atom stereocenters. The molecule has 0 aliphatic carbocycles. The number of hydrogen-bond donors (Lipinski definition) is 1. The van der Waals surface area contributed by atoms with Crippen LogP contribution in [0.4, 0.5) is 10.1 Å². The maximum absolute atomic E-state index is 13.6. The Hall–Kier alpha value is -1.49. The van der Waals surface area contributed by atoms with Crippen molar-refractivity contribution in [2.75, 3.05) is 5.73 Å². The minimum Gasteiger partial charge on any atom is -0.399 e. The van der Waals surface area contributed by atoms with Gasteiger partial charge in [-0.05, 0) is 38.1 Å². The molecule has 0 bridgehead atoms. The van der Waals surface area contributed by atoms with Crippen LogP contribution in [0.2, 0.25) is 0 Å². The van der Waals surface area contributed by atoms with E-state index >= 15 is 0 Å². The van der Waals surface area contributed by atoms with Crippen molar-refractivity contribution in [2.45, 2.75) is 30.5 Å². The molecule has 0 saturated heterocycles. The van der Waals surface area contributed by atoms with E-state index in [1.165, 1.54) is 17.8 Å². The van der Waals surface area contributed by atoms with Crippen LogP contribution in [0.15, 0.2) is 35.4 Å². The van der Waals surface area contributed by atoms with Crippen molar-refractivity contribution in [3.63, 3.8) is 0 Å². The van der Waals surface area contributed by atoms with Crippen molar-refractivity contribution in [3.8, 4) is 0 Å². The first-order valence-corrected chi connectivity index (χ1v) is 6.76. The Balaban J connectivity index is 2.02. The molecule has 0 aliphatic rings. The van der Waals surface area contributed by atoms with Crippen LogP contribution in [-0.4, -0.2) is 9.78 Å². The van der Waals surface area contributed by atoms with Crippen LogP contribution in [0.25, 0.3) is 0 Å². The highest BCUT2D eigenvalue weighted by molar-refractivity contribution is 7.98. The predicted molar refractivity (Wildman–Crippen MR) is 73.0 cm³/mol. The summed E-state index contributed by atoms with van der Waals surface area (Å²) >= 11 is 1.43. The topological polar surface area (TPSA) is 43.8 Å². The highest BCUT2D eigenvalue weighted by Gasteiger charge is 2.06. The minimum atomic E-state index is -0.275. The number of nitrogen functional groups attached to an aromatic ring is 1. The summed E-state index contributed by atoms with van der Waals surface area (Å²) in [6.07, 6.45) is 1.94. The van der Waals surface area contributed by atoms with Gasteiger partial charge in [-0.25, -0.2) is 4.39 Å². The molecule has 0 fully saturated rings. The Morgan fingerprint density at radius 3 is 2.78 bits per heavy atom. The van der Waals surface area contributed by atoms with Gasteiger partial charge in [0.1, 0.15) is 5.82 Å². The molecule has 0 aliphatic heterocycles. The van der Waals surface area contributed by atoms with E-state index in [0.717, 1.165) is 5.69 Å². The zero-order valence-electron chi connectivity index (χ0n) is 10.4. The Labute approximate surface area is 110 Å². The molecular formula is C13H16FN3S. The summed E-state index contributed by atoms with van der Waals surface area (Å²) in [5.41, 5.74) is 6.90. The second-order valence-corrected chi connectivity index (χ2v) is 5.38. The summed E-state index contributed by atoms with van der Waals surface area (Å²) < 4.78 is 15.5. The van der Waals surface area contributed by atoms with Gasteiger partial charge in [-0.2, -0.15) is 5.10 Å². The summed E-state index contributed by atoms with van der Waals surface area (Å²) in [5.74, 6) is 0.379. The molecule has 1 aromatic carbocycles. The number of nitrogens with zero attached hydrogens (tertiary/aromatic N) is 2. The van der Waals surface area contributed by atoms with Crippen molar-refractivity contribution in [3.05, 3.63) is 42.0 Å². The number of thioether (sulfide) groups is 1. The molecule has 0 saturated carbocycles. The van der Waals surface area contributed by atoms with Gasteiger partial charge in [0.15, 0.2) is 0 Å². The van der Waals surface area contributed by atoms with Gasteiger partial charge < -0.3 is 5.73 Å². The third-order valence-corrected chi connectivity index (χ3v) is 3.61. The van der Waals surface area contributed by atoms with Crippen LogP contribution < -0.4 is 5.73 Å². The van der Waals surface area contributed by atoms with Gasteiger partial charge in [-0.3, -0.25) is 4.68 Å². The van der Waals surface area contributed by atoms with Crippen LogP contribution in [0.1, 0.15) is 25.6 Å². The molecule has 1 aromatic heterocycles. The maximum Gasteiger partial charge on any atom is 0.138 e. The second kappa shape index (κ2) is 5.44. The van der Waals surface area contributed by atoms with Crippen LogP contribution in [0.3, 0.4) is 0 Å². The van der Waals surface area contributed by atoms with Crippen molar-refractivity contribution < 1.29 is 4.39 Å². The van der Waals surface area contributed by atoms with Crippen LogP contribution in [0.5, 0.6) is 0 Å². The van der Waals surface area contributed by atoms with Crippen molar-refractivity contribution >= 4 is 17.4 Å². The molecule has 2 rings (SSSR count). The average molecular weight is 265 g/mol. The van der Waals surface area contributed by atoms with Crippen LogP contribution in [-0.2, 0) is 5.75 Å². The third-order valence-electron chi connectivity index (χ3n) is 2.52. The van der Waals surface area contributed by atoms with E-state index in [2.05, 4.69) is 18.9 Å². The lowest BCUT2D eigenvalue weighted by Gasteiger charge is -2.04. The van der Waals surface area contributed by atoms with Crippen LogP contribution >= 0.6 is 11.8 Å². The van der Waals surface area contributed by atoms with E-state index in [4.69, 9.17) is 5.73 Å². The zero-order valence-corrected chi connectivity index (χ0v) is 11.2. The van der Waals surface area contributed by atoms with E-state index < -0.39 is 0 Å². The smallest absolute Gasteiger partial charge is 0.138 e. The maximum atomic E-state index is 13.6. The molecule has 0 spiro atoms. The molecule has 5 heteroatoms. The first-order valence-electron chi connectivity index (χ1n) is 5.78. The predicted octanol–water partition coefficient (Wildman–Crippen LogP) is 3.48. The molecule has 96 valence electrons. The second-order valence-electron chi connectivity index (χ2n) is 4.36. The minimum absolute atomic E-state index is 0.275. The first kappa shape index (κ1) is 13.0. The van der Waals surface area contributed by atoms with Gasteiger partial charge in [-0.1, -0.05) is 0 Å². The molecule has 0 amide bonds. The summed E-state index contributed by atoms with van der Waals surface area (Å²) in [6.45, 7) is 4.15. The molecule has 2 N–H and O–H groups in total. The summed E-state index contributed by atoms with van der Waals surface area (Å²) in [4.78, 5) is 0.600. The number of anilines is 1. The largest absolute Gasteiger partial charge is 0.399 e. The van der Waals surface area contributed by atoms with Crippen molar-refractivity contribution in [2.24, 2.45) is 0 Å². The average Bonchev–Trinajstić information content (AvgIpc) is 2.76. The van der Waals surface area contributed by atoms with E-state index in [0.29, 0.717) is 22.4 Å². The van der Waals surface area contributed by atoms with E-state index in [-0.39, 0.29) is 5.82 Å². The fourth-order valence-corrected chi connectivity index (χ4v) is 2.35. The lowest BCUT2D eigenvalue weighted by Crippen LogP contribution is -2.01. The van der Waals surface area contributed by atoms with Gasteiger partial charge in [0, 0.05) is 28.6 Å². The number of benzene rings is 1. The Kier molecular flexibility index (Phi) is 3.91. The monoisotopic (exact) mass is 265 g/mol. The first-order chi connectivity index (χ1) is 8.56. The lowest BCUT2D eigenvalue weighted by molar-refractivity contribution is 0.528. The number of aromatic nitrogens is 2. The standard InChI is InChI=1S/C13H16FN3S/c1-9(2)17-6-5-11(16-17)8-18-13-4-3-10(15)7-12(13)14/h3-7,9H,8,15H2,1-2H3. The van der Waals surface area contributed by atoms with Crippen LogP contribution in [0, 0.1) is 5.82 Å². The Morgan fingerprint density at radius 1 is 1.39 bits per heavy atom. The lowest BCUT2D eigenvalue weighted by atomic mass is 10.3. The normalized spacial score (nSPS) is 11.1. The summed E-state index contributed by atoms with van der Waals surface area (Å²) in [6, 6.07) is 7.06. The molecule has 0 atom stereocenters. The Bertz CT molecular complexity index is 537. The summed E-state index contributed by atoms with van der Waals surface area (Å²) in [5, 5.41) is 4.42. The zero-order chi connectivity index (χ0) is 13.1. The van der Waals surface area contributed by atoms with E-state index in [1.54, 1.807) is 12.1 Å². The fraction of sp³-hybridized carbons (Fsp3) is 0.308. The van der Waals surface area contributed by atoms with Gasteiger partial charge >= 0.3 is 0 Å². The Morgan fingerprint density at radius 2 is 2.17 bits per heavy atom. The molecule has 18 heavy (non-hydrogen) atoms. The van der Waals surface area contributed by atoms with Crippen molar-refractivity contribution in [1.29, 1.82) is 0 Å². The number of halogens is 1. The highest BCUT2D eigenvalue weighted by atomic mass is 32.2. The van der Waals surface area contributed by atoms with Gasteiger partial charge in [0.05, 0.1) is 5.69 Å². The van der Waals surface area contributed by atoms with E-state index in [1.807, 2.05) is 16.9 Å². The quantitative estimate of drug-likeness (QED) is 0.680. The molecule has 0 radical (unpaired) electrons. The number of hydrogen-bond acceptors (Lipinski definition) is 3.